The third-order valence-electron chi connectivity index (χ3n) is 6.25. The fourth-order valence-electron chi connectivity index (χ4n) is 4.41. The van der Waals surface area contributed by atoms with E-state index in [0.29, 0.717) is 11.4 Å². The molecule has 0 aliphatic carbocycles. The van der Waals surface area contributed by atoms with Gasteiger partial charge in [0.1, 0.15) is 6.33 Å². The lowest BCUT2D eigenvalue weighted by atomic mass is 10.2. The van der Waals surface area contributed by atoms with E-state index in [1.807, 2.05) is 12.1 Å². The number of benzene rings is 2. The first-order valence-electron chi connectivity index (χ1n) is 11.9. The fraction of sp³-hybridized carbons (Fsp3) is 0.269. The summed E-state index contributed by atoms with van der Waals surface area (Å²) in [7, 11) is 0. The van der Waals surface area contributed by atoms with Crippen molar-refractivity contribution in [3.05, 3.63) is 65.9 Å². The molecule has 8 nitrogen and oxygen atoms in total. The summed E-state index contributed by atoms with van der Waals surface area (Å²) in [4.78, 5) is 22.2. The first-order valence-corrected chi connectivity index (χ1v) is 11.9. The Morgan fingerprint density at radius 1 is 1.08 bits per heavy atom. The molecule has 2 aromatic heterocycles. The van der Waals surface area contributed by atoms with Crippen LogP contribution < -0.4 is 20.3 Å². The van der Waals surface area contributed by atoms with Gasteiger partial charge in [-0.1, -0.05) is 6.92 Å². The van der Waals surface area contributed by atoms with E-state index in [1.165, 1.54) is 6.07 Å². The van der Waals surface area contributed by atoms with Crippen LogP contribution in [0.5, 0.6) is 11.6 Å². The van der Waals surface area contributed by atoms with E-state index in [2.05, 4.69) is 25.5 Å². The number of halogens is 3. The second kappa shape index (κ2) is 10.1. The van der Waals surface area contributed by atoms with Crippen molar-refractivity contribution in [1.82, 2.24) is 19.9 Å². The molecule has 0 atom stereocenters. The number of hydrogen-bond acceptors (Lipinski definition) is 7. The van der Waals surface area contributed by atoms with Crippen molar-refractivity contribution < 1.29 is 22.7 Å². The smallest absolute Gasteiger partial charge is 0.261 e. The molecule has 1 fully saturated rings. The van der Waals surface area contributed by atoms with Gasteiger partial charge in [0, 0.05) is 61.1 Å². The van der Waals surface area contributed by atoms with Crippen LogP contribution in [0.1, 0.15) is 23.8 Å². The molecule has 2 N–H and O–H groups in total. The Labute approximate surface area is 211 Å². The normalized spacial score (nSPS) is 13.7. The quantitative estimate of drug-likeness (QED) is 0.371. The van der Waals surface area contributed by atoms with Gasteiger partial charge in [0.2, 0.25) is 11.7 Å². The number of hydrogen-bond donors (Lipinski definition) is 2. The Morgan fingerprint density at radius 3 is 2.51 bits per heavy atom. The first-order chi connectivity index (χ1) is 17.9. The summed E-state index contributed by atoms with van der Waals surface area (Å²) in [5.41, 5.74) is 1.82. The van der Waals surface area contributed by atoms with Crippen LogP contribution >= 0.6 is 0 Å². The third-order valence-corrected chi connectivity index (χ3v) is 6.25. The monoisotopic (exact) mass is 510 g/mol. The highest BCUT2D eigenvalue weighted by Gasteiger charge is 2.23. The zero-order chi connectivity index (χ0) is 26.1. The van der Waals surface area contributed by atoms with Crippen molar-refractivity contribution in [3.8, 4) is 11.6 Å². The van der Waals surface area contributed by atoms with Crippen LogP contribution in [-0.4, -0.2) is 46.6 Å². The molecule has 11 heteroatoms. The highest BCUT2D eigenvalue weighted by molar-refractivity contribution is 5.95. The minimum Gasteiger partial charge on any atom is -0.433 e. The Balaban J connectivity index is 1.40. The second-order valence-electron chi connectivity index (χ2n) is 8.65. The second-order valence-corrected chi connectivity index (χ2v) is 8.65. The molecule has 0 saturated carbocycles. The predicted octanol–water partition coefficient (Wildman–Crippen LogP) is 5.15. The molecule has 0 radical (unpaired) electrons. The molecule has 1 aliphatic heterocycles. The number of anilines is 3. The number of aryl methyl sites for hydroxylation is 1. The molecule has 1 saturated heterocycles. The summed E-state index contributed by atoms with van der Waals surface area (Å²) in [6, 6.07) is 9.57. The van der Waals surface area contributed by atoms with Gasteiger partial charge in [-0.2, -0.15) is 9.37 Å². The lowest BCUT2D eigenvalue weighted by Gasteiger charge is -2.29. The highest BCUT2D eigenvalue weighted by atomic mass is 19.1. The summed E-state index contributed by atoms with van der Waals surface area (Å²) >= 11 is 0. The van der Waals surface area contributed by atoms with Crippen molar-refractivity contribution >= 4 is 34.0 Å². The van der Waals surface area contributed by atoms with Crippen molar-refractivity contribution in [2.45, 2.75) is 20.3 Å². The van der Waals surface area contributed by atoms with Crippen LogP contribution in [0.2, 0.25) is 0 Å². The van der Waals surface area contributed by atoms with Crippen LogP contribution in [0, 0.1) is 24.4 Å². The van der Waals surface area contributed by atoms with Gasteiger partial charge in [-0.15, -0.1) is 0 Å². The Morgan fingerprint density at radius 2 is 1.81 bits per heavy atom. The van der Waals surface area contributed by atoms with Gasteiger partial charge in [-0.05, 0) is 37.3 Å². The molecular formula is C26H25F3N6O2. The van der Waals surface area contributed by atoms with Crippen LogP contribution in [-0.2, 0) is 0 Å². The largest absolute Gasteiger partial charge is 0.433 e. The number of rotatable bonds is 6. The van der Waals surface area contributed by atoms with Crippen molar-refractivity contribution in [3.63, 3.8) is 0 Å². The van der Waals surface area contributed by atoms with E-state index in [1.54, 1.807) is 26.0 Å². The maximum absolute atomic E-state index is 15.3. The molecule has 1 aliphatic rings. The molecule has 0 bridgehead atoms. The minimum atomic E-state index is -0.969. The number of carbonyl (C=O) groups excluding carboxylic acids is 1. The molecule has 2 aromatic carbocycles. The summed E-state index contributed by atoms with van der Waals surface area (Å²) in [6.45, 7) is 6.82. The third kappa shape index (κ3) is 4.69. The number of fused-ring (bicyclic) bond motifs is 1. The van der Waals surface area contributed by atoms with E-state index in [-0.39, 0.29) is 29.0 Å². The van der Waals surface area contributed by atoms with E-state index in [0.717, 1.165) is 48.8 Å². The molecule has 5 rings (SSSR count). The first kappa shape index (κ1) is 24.6. The standard InChI is InChI=1S/C26H25F3N6O2/c1-3-21(36)35-15(2)12-18-22(28)20(13-19(27)24(18)35)37-26-23(29)25(31-14-32-26)33-16-4-6-17(7-5-16)34-10-8-30-9-11-34/h4-7,12-14,30H,3,8-11H2,1-2H3,(H,31,32,33). The maximum Gasteiger partial charge on any atom is 0.261 e. The zero-order valence-corrected chi connectivity index (χ0v) is 20.3. The molecule has 0 spiro atoms. The average Bonchev–Trinajstić information content (AvgIpc) is 3.27. The van der Waals surface area contributed by atoms with Crippen LogP contribution in [0.15, 0.2) is 42.7 Å². The van der Waals surface area contributed by atoms with Gasteiger partial charge < -0.3 is 20.3 Å². The highest BCUT2D eigenvalue weighted by Crippen LogP contribution is 2.35. The Kier molecular flexibility index (Phi) is 6.70. The number of ether oxygens (including phenoxy) is 1. The van der Waals surface area contributed by atoms with E-state index in [4.69, 9.17) is 4.74 Å². The van der Waals surface area contributed by atoms with Crippen LogP contribution in [0.3, 0.4) is 0 Å². The topological polar surface area (TPSA) is 84.3 Å². The Bertz CT molecular complexity index is 1470. The molecule has 192 valence electrons. The van der Waals surface area contributed by atoms with Crippen LogP contribution in [0.25, 0.3) is 10.9 Å². The van der Waals surface area contributed by atoms with Gasteiger partial charge in [-0.25, -0.2) is 13.8 Å². The van der Waals surface area contributed by atoms with E-state index in [9.17, 15) is 9.18 Å². The molecule has 4 aromatic rings. The summed E-state index contributed by atoms with van der Waals surface area (Å²) in [5.74, 6) is -4.47. The van der Waals surface area contributed by atoms with Crippen molar-refractivity contribution in [1.29, 1.82) is 0 Å². The van der Waals surface area contributed by atoms with Crippen LogP contribution in [0.4, 0.5) is 30.4 Å². The van der Waals surface area contributed by atoms with Crippen molar-refractivity contribution in [2.75, 3.05) is 36.4 Å². The average molecular weight is 511 g/mol. The molecule has 3 heterocycles. The zero-order valence-electron chi connectivity index (χ0n) is 20.3. The fourth-order valence-corrected chi connectivity index (χ4v) is 4.41. The maximum atomic E-state index is 15.3. The van der Waals surface area contributed by atoms with E-state index >= 15 is 8.78 Å². The van der Waals surface area contributed by atoms with Gasteiger partial charge in [0.25, 0.3) is 5.88 Å². The number of piperazine rings is 1. The molecule has 0 amide bonds. The number of carbonyl (C=O) groups is 1. The molecule has 0 unspecified atom stereocenters. The van der Waals surface area contributed by atoms with Gasteiger partial charge in [0.05, 0.1) is 5.52 Å². The predicted molar refractivity (Wildman–Crippen MR) is 134 cm³/mol. The minimum absolute atomic E-state index is 0.115. The summed E-state index contributed by atoms with van der Waals surface area (Å²) in [5, 5.41) is 6.02. The molecule has 37 heavy (non-hydrogen) atoms. The van der Waals surface area contributed by atoms with Gasteiger partial charge in [-0.3, -0.25) is 9.36 Å². The number of nitrogens with one attached hydrogen (secondary N) is 2. The Hall–Kier alpha value is -4.12. The van der Waals surface area contributed by atoms with E-state index < -0.39 is 29.1 Å². The van der Waals surface area contributed by atoms with Gasteiger partial charge >= 0.3 is 0 Å². The summed E-state index contributed by atoms with van der Waals surface area (Å²) in [6.07, 6.45) is 1.17. The lowest BCUT2D eigenvalue weighted by Crippen LogP contribution is -2.43. The number of aromatic nitrogens is 3. The SMILES string of the molecule is CCC(=O)n1c(C)cc2c(F)c(Oc3ncnc(Nc4ccc(N5CCNCC5)cc4)c3F)cc(F)c21. The van der Waals surface area contributed by atoms with Gasteiger partial charge in [0.15, 0.2) is 23.2 Å². The molecular weight excluding hydrogens is 485 g/mol. The lowest BCUT2D eigenvalue weighted by molar-refractivity contribution is 0.0911. The number of nitrogens with zero attached hydrogens (tertiary/aromatic N) is 4. The summed E-state index contributed by atoms with van der Waals surface area (Å²) < 4.78 is 51.9. The van der Waals surface area contributed by atoms with Crippen molar-refractivity contribution in [2.24, 2.45) is 0 Å².